The molecule has 2 nitrogen and oxygen atoms in total. The zero-order chi connectivity index (χ0) is 11.5. The molecular weight excluding hydrogens is 198 g/mol. The second kappa shape index (κ2) is 5.05. The zero-order valence-electron chi connectivity index (χ0n) is 10.4. The summed E-state index contributed by atoms with van der Waals surface area (Å²) >= 11 is 0. The first-order valence-corrected chi connectivity index (χ1v) is 6.53. The summed E-state index contributed by atoms with van der Waals surface area (Å²) in [6, 6.07) is 0. The Hall–Kier alpha value is -0.760. The van der Waals surface area contributed by atoms with Gasteiger partial charge in [-0.25, -0.2) is 0 Å². The molecule has 16 heavy (non-hydrogen) atoms. The first kappa shape index (κ1) is 11.7. The van der Waals surface area contributed by atoms with Crippen LogP contribution in [0.5, 0.6) is 0 Å². The minimum absolute atomic E-state index is 0.224. The number of rotatable bonds is 3. The van der Waals surface area contributed by atoms with E-state index >= 15 is 0 Å². The molecule has 0 aromatic carbocycles. The lowest BCUT2D eigenvalue weighted by Gasteiger charge is -2.07. The van der Waals surface area contributed by atoms with Crippen molar-refractivity contribution in [2.24, 2.45) is 5.92 Å². The molecule has 0 bridgehead atoms. The largest absolute Gasteiger partial charge is 0.388 e. The van der Waals surface area contributed by atoms with E-state index in [-0.39, 0.29) is 6.10 Å². The van der Waals surface area contributed by atoms with Crippen LogP contribution in [0.4, 0.5) is 0 Å². The molecule has 2 rings (SSSR count). The van der Waals surface area contributed by atoms with E-state index in [4.69, 9.17) is 0 Å². The maximum atomic E-state index is 10.0. The van der Waals surface area contributed by atoms with Crippen molar-refractivity contribution in [1.29, 1.82) is 0 Å². The second-order valence-corrected chi connectivity index (χ2v) is 5.42. The molecule has 0 radical (unpaired) electrons. The molecule has 0 fully saturated rings. The molecule has 0 saturated heterocycles. The highest BCUT2D eigenvalue weighted by molar-refractivity contribution is 5.27. The van der Waals surface area contributed by atoms with Gasteiger partial charge in [0.1, 0.15) is 0 Å². The predicted molar refractivity (Wildman–Crippen MR) is 66.4 cm³/mol. The van der Waals surface area contributed by atoms with Crippen molar-refractivity contribution >= 4 is 0 Å². The number of aliphatic hydroxyl groups excluding tert-OH is 1. The molecule has 1 N–H and O–H groups in total. The Bertz CT molecular complexity index is 341. The van der Waals surface area contributed by atoms with Crippen LogP contribution in [0.15, 0.2) is 12.4 Å². The number of aliphatic hydroxyl groups is 1. The van der Waals surface area contributed by atoms with Gasteiger partial charge in [-0.2, -0.15) is 0 Å². The van der Waals surface area contributed by atoms with Crippen molar-refractivity contribution in [2.75, 3.05) is 0 Å². The molecule has 1 heterocycles. The van der Waals surface area contributed by atoms with Crippen molar-refractivity contribution in [2.45, 2.75) is 58.6 Å². The first-order valence-electron chi connectivity index (χ1n) is 6.53. The summed E-state index contributed by atoms with van der Waals surface area (Å²) in [6.45, 7) is 5.59. The maximum Gasteiger partial charge on any atom is 0.0807 e. The number of nitrogens with zero attached hydrogens (tertiary/aromatic N) is 1. The summed E-state index contributed by atoms with van der Waals surface area (Å²) in [5.41, 5.74) is 2.55. The van der Waals surface area contributed by atoms with Gasteiger partial charge in [-0.3, -0.25) is 0 Å². The monoisotopic (exact) mass is 221 g/mol. The fourth-order valence-electron chi connectivity index (χ4n) is 2.43. The van der Waals surface area contributed by atoms with Gasteiger partial charge in [-0.05, 0) is 37.2 Å². The first-order chi connectivity index (χ1) is 7.66. The molecule has 0 saturated carbocycles. The van der Waals surface area contributed by atoms with E-state index in [0.29, 0.717) is 0 Å². The van der Waals surface area contributed by atoms with Crippen molar-refractivity contribution in [3.8, 4) is 0 Å². The van der Waals surface area contributed by atoms with Gasteiger partial charge in [0, 0.05) is 24.5 Å². The van der Waals surface area contributed by atoms with Crippen molar-refractivity contribution in [3.05, 3.63) is 23.5 Å². The van der Waals surface area contributed by atoms with Crippen molar-refractivity contribution < 1.29 is 5.11 Å². The molecule has 1 aromatic heterocycles. The molecule has 1 aromatic rings. The lowest BCUT2D eigenvalue weighted by Crippen LogP contribution is -1.99. The Morgan fingerprint density at radius 3 is 2.94 bits per heavy atom. The summed E-state index contributed by atoms with van der Waals surface area (Å²) in [5, 5.41) is 10.0. The van der Waals surface area contributed by atoms with Crippen LogP contribution < -0.4 is 0 Å². The van der Waals surface area contributed by atoms with E-state index in [0.717, 1.165) is 31.7 Å². The van der Waals surface area contributed by atoms with Gasteiger partial charge in [0.05, 0.1) is 6.10 Å². The second-order valence-electron chi connectivity index (χ2n) is 5.42. The fraction of sp³-hybridized carbons (Fsp3) is 0.714. The third-order valence-corrected chi connectivity index (χ3v) is 3.49. The van der Waals surface area contributed by atoms with Crippen LogP contribution in [0, 0.1) is 5.92 Å². The van der Waals surface area contributed by atoms with Gasteiger partial charge < -0.3 is 9.67 Å². The Morgan fingerprint density at radius 1 is 1.38 bits per heavy atom. The molecule has 1 aliphatic carbocycles. The van der Waals surface area contributed by atoms with Gasteiger partial charge in [0.25, 0.3) is 0 Å². The van der Waals surface area contributed by atoms with Gasteiger partial charge in [-0.15, -0.1) is 0 Å². The van der Waals surface area contributed by atoms with Gasteiger partial charge in [-0.1, -0.05) is 20.3 Å². The van der Waals surface area contributed by atoms with Crippen molar-refractivity contribution in [1.82, 2.24) is 4.57 Å². The van der Waals surface area contributed by atoms with Crippen LogP contribution in [-0.2, 0) is 13.0 Å². The molecule has 0 spiro atoms. The summed E-state index contributed by atoms with van der Waals surface area (Å²) in [4.78, 5) is 0. The molecule has 90 valence electrons. The van der Waals surface area contributed by atoms with E-state index in [1.165, 1.54) is 24.0 Å². The third kappa shape index (κ3) is 2.67. The predicted octanol–water partition coefficient (Wildman–Crippen LogP) is 3.29. The van der Waals surface area contributed by atoms with E-state index in [1.54, 1.807) is 0 Å². The topological polar surface area (TPSA) is 25.2 Å². The molecule has 1 atom stereocenters. The van der Waals surface area contributed by atoms with Crippen LogP contribution in [0.25, 0.3) is 0 Å². The normalized spacial score (nSPS) is 20.9. The molecule has 2 heteroatoms. The average Bonchev–Trinajstić information content (AvgIpc) is 2.57. The molecule has 1 unspecified atom stereocenters. The Labute approximate surface area is 98.3 Å². The van der Waals surface area contributed by atoms with E-state index in [9.17, 15) is 5.11 Å². The number of aryl methyl sites for hydroxylation is 2. The smallest absolute Gasteiger partial charge is 0.0807 e. The van der Waals surface area contributed by atoms with Crippen LogP contribution in [-0.4, -0.2) is 9.67 Å². The molecular formula is C14H23NO. The SMILES string of the molecule is CC(C)CCn1cc2c(c1)C(O)CCCC2. The summed E-state index contributed by atoms with van der Waals surface area (Å²) in [6.07, 6.45) is 9.84. The summed E-state index contributed by atoms with van der Waals surface area (Å²) < 4.78 is 2.26. The number of hydrogen-bond acceptors (Lipinski definition) is 1. The van der Waals surface area contributed by atoms with Gasteiger partial charge in [0.15, 0.2) is 0 Å². The Kier molecular flexibility index (Phi) is 3.70. The van der Waals surface area contributed by atoms with Crippen LogP contribution in [0.2, 0.25) is 0 Å². The third-order valence-electron chi connectivity index (χ3n) is 3.49. The maximum absolute atomic E-state index is 10.0. The van der Waals surface area contributed by atoms with Crippen LogP contribution >= 0.6 is 0 Å². The highest BCUT2D eigenvalue weighted by Gasteiger charge is 2.18. The zero-order valence-corrected chi connectivity index (χ0v) is 10.4. The molecule has 0 amide bonds. The minimum Gasteiger partial charge on any atom is -0.388 e. The Morgan fingerprint density at radius 2 is 2.19 bits per heavy atom. The number of fused-ring (bicyclic) bond motifs is 1. The van der Waals surface area contributed by atoms with Crippen molar-refractivity contribution in [3.63, 3.8) is 0 Å². The van der Waals surface area contributed by atoms with Crippen LogP contribution in [0.1, 0.15) is 56.8 Å². The van der Waals surface area contributed by atoms with E-state index < -0.39 is 0 Å². The summed E-state index contributed by atoms with van der Waals surface area (Å²) in [7, 11) is 0. The lowest BCUT2D eigenvalue weighted by atomic mass is 10.1. The quantitative estimate of drug-likeness (QED) is 0.778. The minimum atomic E-state index is -0.224. The fourth-order valence-corrected chi connectivity index (χ4v) is 2.43. The standard InChI is InChI=1S/C14H23NO/c1-11(2)7-8-15-9-12-5-3-4-6-14(16)13(12)10-15/h9-11,14,16H,3-8H2,1-2H3. The number of hydrogen-bond donors (Lipinski definition) is 1. The van der Waals surface area contributed by atoms with E-state index in [2.05, 4.69) is 30.8 Å². The summed E-state index contributed by atoms with van der Waals surface area (Å²) in [5.74, 6) is 0.743. The highest BCUT2D eigenvalue weighted by Crippen LogP contribution is 2.29. The molecule has 0 aliphatic heterocycles. The van der Waals surface area contributed by atoms with Gasteiger partial charge >= 0.3 is 0 Å². The van der Waals surface area contributed by atoms with E-state index in [1.807, 2.05) is 0 Å². The van der Waals surface area contributed by atoms with Crippen LogP contribution in [0.3, 0.4) is 0 Å². The average molecular weight is 221 g/mol. The number of aromatic nitrogens is 1. The highest BCUT2D eigenvalue weighted by atomic mass is 16.3. The van der Waals surface area contributed by atoms with Gasteiger partial charge in [0.2, 0.25) is 0 Å². The molecule has 1 aliphatic rings. The Balaban J connectivity index is 2.09. The lowest BCUT2D eigenvalue weighted by molar-refractivity contribution is 0.166.